The first-order chi connectivity index (χ1) is 5.66. The Hall–Kier alpha value is -1.56. The molecule has 0 spiro atoms. The summed E-state index contributed by atoms with van der Waals surface area (Å²) in [6, 6.07) is 4.60. The van der Waals surface area contributed by atoms with Gasteiger partial charge >= 0.3 is 0 Å². The summed E-state index contributed by atoms with van der Waals surface area (Å²) in [5.74, 6) is -1.08. The van der Waals surface area contributed by atoms with Gasteiger partial charge in [0.1, 0.15) is 0 Å². The van der Waals surface area contributed by atoms with E-state index in [-0.39, 0.29) is 6.42 Å². The van der Waals surface area contributed by atoms with E-state index in [1.807, 2.05) is 6.07 Å². The average Bonchev–Trinajstić information content (AvgIpc) is 2.06. The van der Waals surface area contributed by atoms with Crippen LogP contribution in [0.3, 0.4) is 0 Å². The average molecular weight is 165 g/mol. The molecule has 0 atom stereocenters. The number of phenolic OH excluding ortho intramolecular Hbond substituents is 1. The van der Waals surface area contributed by atoms with Gasteiger partial charge in [0.25, 0.3) is 0 Å². The fraction of sp³-hybridized carbons (Fsp3) is 0.222. The highest BCUT2D eigenvalue weighted by Crippen LogP contribution is 2.24. The Morgan fingerprint density at radius 1 is 1.58 bits per heavy atom. The maximum atomic E-state index is 12.7. The lowest BCUT2D eigenvalue weighted by Gasteiger charge is -2.04. The van der Waals surface area contributed by atoms with Crippen molar-refractivity contribution in [2.24, 2.45) is 0 Å². The third kappa shape index (κ3) is 1.37. The monoisotopic (exact) mass is 165 g/mol. The summed E-state index contributed by atoms with van der Waals surface area (Å²) < 4.78 is 12.7. The maximum Gasteiger partial charge on any atom is 0.165 e. The predicted octanol–water partition coefficient (Wildman–Crippen LogP) is 1.91. The number of halogens is 1. The van der Waals surface area contributed by atoms with Gasteiger partial charge in [0.2, 0.25) is 0 Å². The molecule has 1 aromatic rings. The van der Waals surface area contributed by atoms with Crippen LogP contribution in [-0.2, 0) is 6.42 Å². The van der Waals surface area contributed by atoms with Gasteiger partial charge in [-0.25, -0.2) is 4.39 Å². The van der Waals surface area contributed by atoms with E-state index in [4.69, 9.17) is 5.26 Å². The molecule has 0 amide bonds. The second-order valence-electron chi connectivity index (χ2n) is 2.53. The Labute approximate surface area is 69.9 Å². The number of aryl methyl sites for hydroxylation is 1. The van der Waals surface area contributed by atoms with Crippen LogP contribution in [0.1, 0.15) is 11.1 Å². The zero-order valence-electron chi connectivity index (χ0n) is 6.63. The number of hydrogen-bond donors (Lipinski definition) is 1. The molecule has 3 heteroatoms. The van der Waals surface area contributed by atoms with Gasteiger partial charge in [0.05, 0.1) is 12.5 Å². The molecular weight excluding hydrogens is 157 g/mol. The summed E-state index contributed by atoms with van der Waals surface area (Å²) in [5.41, 5.74) is 1.10. The number of benzene rings is 1. The smallest absolute Gasteiger partial charge is 0.165 e. The standard InChI is InChI=1S/C9H8FNO/c1-6-2-3-8(10)9(12)7(6)4-5-11/h2-3,12H,4H2,1H3. The zero-order chi connectivity index (χ0) is 9.14. The van der Waals surface area contributed by atoms with E-state index in [0.717, 1.165) is 5.56 Å². The third-order valence-electron chi connectivity index (χ3n) is 1.72. The molecule has 0 saturated carbocycles. The lowest BCUT2D eigenvalue weighted by Crippen LogP contribution is -1.90. The molecule has 0 unspecified atom stereocenters. The van der Waals surface area contributed by atoms with Crippen molar-refractivity contribution in [1.82, 2.24) is 0 Å². The van der Waals surface area contributed by atoms with Crippen molar-refractivity contribution < 1.29 is 9.50 Å². The molecule has 1 rings (SSSR count). The molecule has 0 aliphatic carbocycles. The van der Waals surface area contributed by atoms with E-state index in [1.54, 1.807) is 13.0 Å². The molecule has 0 aliphatic heterocycles. The van der Waals surface area contributed by atoms with E-state index in [1.165, 1.54) is 6.07 Å². The number of phenols is 1. The van der Waals surface area contributed by atoms with E-state index in [9.17, 15) is 9.50 Å². The topological polar surface area (TPSA) is 44.0 Å². The van der Waals surface area contributed by atoms with E-state index >= 15 is 0 Å². The number of aromatic hydroxyl groups is 1. The van der Waals surface area contributed by atoms with Crippen LogP contribution in [0.4, 0.5) is 4.39 Å². The second-order valence-corrected chi connectivity index (χ2v) is 2.53. The van der Waals surface area contributed by atoms with Crippen LogP contribution in [0.25, 0.3) is 0 Å². The fourth-order valence-corrected chi connectivity index (χ4v) is 1.01. The van der Waals surface area contributed by atoms with E-state index < -0.39 is 11.6 Å². The fourth-order valence-electron chi connectivity index (χ4n) is 1.01. The largest absolute Gasteiger partial charge is 0.505 e. The van der Waals surface area contributed by atoms with Crippen LogP contribution in [-0.4, -0.2) is 5.11 Å². The summed E-state index contributed by atoms with van der Waals surface area (Å²) in [6.07, 6.45) is 0.0371. The van der Waals surface area contributed by atoms with Gasteiger partial charge in [0.15, 0.2) is 11.6 Å². The van der Waals surface area contributed by atoms with Crippen molar-refractivity contribution in [2.45, 2.75) is 13.3 Å². The molecule has 2 nitrogen and oxygen atoms in total. The molecule has 0 aliphatic rings. The zero-order valence-corrected chi connectivity index (χ0v) is 6.63. The molecule has 0 saturated heterocycles. The highest BCUT2D eigenvalue weighted by molar-refractivity contribution is 5.41. The molecule has 1 N–H and O–H groups in total. The highest BCUT2D eigenvalue weighted by atomic mass is 19.1. The Kier molecular flexibility index (Phi) is 2.29. The van der Waals surface area contributed by atoms with Gasteiger partial charge in [-0.3, -0.25) is 0 Å². The Morgan fingerprint density at radius 2 is 2.25 bits per heavy atom. The third-order valence-corrected chi connectivity index (χ3v) is 1.72. The van der Waals surface area contributed by atoms with Crippen LogP contribution in [0.5, 0.6) is 5.75 Å². The molecule has 1 aromatic carbocycles. The van der Waals surface area contributed by atoms with Crippen LogP contribution >= 0.6 is 0 Å². The van der Waals surface area contributed by atoms with Gasteiger partial charge in [-0.1, -0.05) is 6.07 Å². The number of nitrogens with zero attached hydrogens (tertiary/aromatic N) is 1. The van der Waals surface area contributed by atoms with E-state index in [0.29, 0.717) is 5.56 Å². The Morgan fingerprint density at radius 3 is 2.83 bits per heavy atom. The van der Waals surface area contributed by atoms with Crippen LogP contribution in [0.15, 0.2) is 12.1 Å². The van der Waals surface area contributed by atoms with Crippen molar-refractivity contribution in [3.05, 3.63) is 29.1 Å². The summed E-state index contributed by atoms with van der Waals surface area (Å²) in [6.45, 7) is 1.73. The molecule has 0 aromatic heterocycles. The molecule has 62 valence electrons. The summed E-state index contributed by atoms with van der Waals surface area (Å²) in [7, 11) is 0. The molecular formula is C9H8FNO. The number of nitriles is 1. The SMILES string of the molecule is Cc1ccc(F)c(O)c1CC#N. The first kappa shape index (κ1) is 8.54. The van der Waals surface area contributed by atoms with Crippen molar-refractivity contribution in [2.75, 3.05) is 0 Å². The van der Waals surface area contributed by atoms with Gasteiger partial charge in [0, 0.05) is 5.56 Å². The predicted molar refractivity (Wildman–Crippen MR) is 42.1 cm³/mol. The van der Waals surface area contributed by atoms with Crippen LogP contribution < -0.4 is 0 Å². The number of rotatable bonds is 1. The van der Waals surface area contributed by atoms with Gasteiger partial charge in [-0.2, -0.15) is 5.26 Å². The van der Waals surface area contributed by atoms with Crippen molar-refractivity contribution in [3.8, 4) is 11.8 Å². The summed E-state index contributed by atoms with van der Waals surface area (Å²) in [4.78, 5) is 0. The molecule has 0 fully saturated rings. The minimum Gasteiger partial charge on any atom is -0.505 e. The summed E-state index contributed by atoms with van der Waals surface area (Å²) in [5, 5.41) is 17.6. The minimum atomic E-state index is -0.675. The molecule has 0 bridgehead atoms. The minimum absolute atomic E-state index is 0.0371. The lowest BCUT2D eigenvalue weighted by atomic mass is 10.1. The molecule has 12 heavy (non-hydrogen) atoms. The van der Waals surface area contributed by atoms with Crippen molar-refractivity contribution in [1.29, 1.82) is 5.26 Å². The van der Waals surface area contributed by atoms with Crippen LogP contribution in [0, 0.1) is 24.1 Å². The molecule has 0 radical (unpaired) electrons. The summed E-state index contributed by atoms with van der Waals surface area (Å²) >= 11 is 0. The van der Waals surface area contributed by atoms with Crippen LogP contribution in [0.2, 0.25) is 0 Å². The first-order valence-corrected chi connectivity index (χ1v) is 3.50. The van der Waals surface area contributed by atoms with Gasteiger partial charge in [-0.15, -0.1) is 0 Å². The first-order valence-electron chi connectivity index (χ1n) is 3.50. The van der Waals surface area contributed by atoms with Gasteiger partial charge < -0.3 is 5.11 Å². The van der Waals surface area contributed by atoms with Crippen molar-refractivity contribution >= 4 is 0 Å². The molecule has 0 heterocycles. The normalized spacial score (nSPS) is 9.42. The number of hydrogen-bond acceptors (Lipinski definition) is 2. The van der Waals surface area contributed by atoms with E-state index in [2.05, 4.69) is 0 Å². The lowest BCUT2D eigenvalue weighted by molar-refractivity contribution is 0.427. The second kappa shape index (κ2) is 3.22. The van der Waals surface area contributed by atoms with Gasteiger partial charge in [-0.05, 0) is 18.6 Å². The highest BCUT2D eigenvalue weighted by Gasteiger charge is 2.08. The van der Waals surface area contributed by atoms with Crippen molar-refractivity contribution in [3.63, 3.8) is 0 Å². The Bertz CT molecular complexity index is 341. The Balaban J connectivity index is 3.25. The quantitative estimate of drug-likeness (QED) is 0.690. The maximum absolute atomic E-state index is 12.7.